The SMILES string of the molecule is CC(C)OCC(=O)NCC(=O)N[C@@H](CO)C(=O)N[C@@H](CCCCN)C(=O)N[C@@H](CCCCN)C(=O)O. The molecule has 0 saturated carbocycles. The molecule has 0 bridgehead atoms. The first-order chi connectivity index (χ1) is 17.0. The Morgan fingerprint density at radius 1 is 0.778 bits per heavy atom. The second kappa shape index (κ2) is 19.4. The minimum absolute atomic E-state index is 0.168. The van der Waals surface area contributed by atoms with Crippen LogP contribution in [-0.4, -0.2) is 96.9 Å². The van der Waals surface area contributed by atoms with Crippen molar-refractivity contribution in [2.24, 2.45) is 11.5 Å². The molecular formula is C22H42N6O8. The lowest BCUT2D eigenvalue weighted by Gasteiger charge is -2.24. The van der Waals surface area contributed by atoms with Crippen LogP contribution in [0.5, 0.6) is 0 Å². The Kier molecular flexibility index (Phi) is 17.9. The molecule has 0 aliphatic carbocycles. The van der Waals surface area contributed by atoms with Gasteiger partial charge in [-0.15, -0.1) is 0 Å². The number of aliphatic hydroxyl groups excluding tert-OH is 1. The molecule has 0 aromatic heterocycles. The highest BCUT2D eigenvalue weighted by Crippen LogP contribution is 2.06. The summed E-state index contributed by atoms with van der Waals surface area (Å²) in [5, 5.41) is 28.5. The number of carboxylic acids is 1. The van der Waals surface area contributed by atoms with E-state index in [4.69, 9.17) is 16.2 Å². The van der Waals surface area contributed by atoms with Gasteiger partial charge < -0.3 is 47.7 Å². The van der Waals surface area contributed by atoms with Gasteiger partial charge in [-0.25, -0.2) is 4.79 Å². The normalized spacial score (nSPS) is 13.4. The van der Waals surface area contributed by atoms with E-state index in [0.29, 0.717) is 38.8 Å². The van der Waals surface area contributed by atoms with Crippen LogP contribution in [-0.2, 0) is 28.7 Å². The Morgan fingerprint density at radius 3 is 1.81 bits per heavy atom. The fraction of sp³-hybridized carbons (Fsp3) is 0.773. The van der Waals surface area contributed by atoms with Crippen molar-refractivity contribution in [1.29, 1.82) is 0 Å². The summed E-state index contributed by atoms with van der Waals surface area (Å²) in [6.45, 7) is 2.79. The number of carbonyl (C=O) groups is 5. The Balaban J connectivity index is 5.06. The molecule has 0 aliphatic rings. The van der Waals surface area contributed by atoms with Gasteiger partial charge in [-0.1, -0.05) is 0 Å². The molecule has 208 valence electrons. The van der Waals surface area contributed by atoms with Crippen molar-refractivity contribution < 1.29 is 38.9 Å². The van der Waals surface area contributed by atoms with E-state index in [-0.39, 0.29) is 25.6 Å². The second-order valence-corrected chi connectivity index (χ2v) is 8.47. The number of nitrogens with two attached hydrogens (primary N) is 2. The van der Waals surface area contributed by atoms with Gasteiger partial charge in [-0.2, -0.15) is 0 Å². The average Bonchev–Trinajstić information content (AvgIpc) is 2.83. The number of hydrogen-bond donors (Lipinski definition) is 8. The van der Waals surface area contributed by atoms with Crippen LogP contribution < -0.4 is 32.7 Å². The number of amides is 4. The zero-order chi connectivity index (χ0) is 27.5. The second-order valence-electron chi connectivity index (χ2n) is 8.47. The van der Waals surface area contributed by atoms with Crippen molar-refractivity contribution in [2.75, 3.05) is 32.8 Å². The van der Waals surface area contributed by atoms with Gasteiger partial charge in [0.1, 0.15) is 24.7 Å². The fourth-order valence-corrected chi connectivity index (χ4v) is 2.97. The number of hydrogen-bond acceptors (Lipinski definition) is 9. The minimum atomic E-state index is -1.40. The summed E-state index contributed by atoms with van der Waals surface area (Å²) in [5.74, 6) is -4.03. The van der Waals surface area contributed by atoms with Gasteiger partial charge in [0.25, 0.3) is 0 Å². The monoisotopic (exact) mass is 518 g/mol. The van der Waals surface area contributed by atoms with Crippen molar-refractivity contribution in [3.05, 3.63) is 0 Å². The molecule has 0 aromatic rings. The Hall–Kier alpha value is -2.81. The number of ether oxygens (including phenoxy) is 1. The van der Waals surface area contributed by atoms with Crippen molar-refractivity contribution in [3.8, 4) is 0 Å². The molecule has 14 nitrogen and oxygen atoms in total. The number of nitrogens with one attached hydrogen (secondary N) is 4. The van der Waals surface area contributed by atoms with Gasteiger partial charge in [0.05, 0.1) is 19.3 Å². The maximum absolute atomic E-state index is 12.8. The number of rotatable bonds is 20. The van der Waals surface area contributed by atoms with Gasteiger partial charge in [-0.3, -0.25) is 19.2 Å². The molecule has 3 atom stereocenters. The predicted octanol–water partition coefficient (Wildman–Crippen LogP) is -2.68. The van der Waals surface area contributed by atoms with Crippen molar-refractivity contribution in [2.45, 2.75) is 76.6 Å². The summed E-state index contributed by atoms with van der Waals surface area (Å²) < 4.78 is 5.12. The summed E-state index contributed by atoms with van der Waals surface area (Å²) in [5.41, 5.74) is 10.9. The van der Waals surface area contributed by atoms with E-state index >= 15 is 0 Å². The number of aliphatic carboxylic acids is 1. The van der Waals surface area contributed by atoms with E-state index in [0.717, 1.165) is 0 Å². The lowest BCUT2D eigenvalue weighted by molar-refractivity contribution is -0.142. The van der Waals surface area contributed by atoms with Crippen LogP contribution in [0, 0.1) is 0 Å². The molecule has 0 rings (SSSR count). The third-order valence-electron chi connectivity index (χ3n) is 4.97. The van der Waals surface area contributed by atoms with Crippen molar-refractivity contribution >= 4 is 29.6 Å². The summed E-state index contributed by atoms with van der Waals surface area (Å²) in [6.07, 6.45) is 2.31. The molecule has 0 radical (unpaired) electrons. The largest absolute Gasteiger partial charge is 0.480 e. The number of carbonyl (C=O) groups excluding carboxylic acids is 4. The lowest BCUT2D eigenvalue weighted by Crippen LogP contribution is -2.57. The molecule has 0 unspecified atom stereocenters. The van der Waals surface area contributed by atoms with Gasteiger partial charge in [0.2, 0.25) is 23.6 Å². The quantitative estimate of drug-likeness (QED) is 0.0777. The summed E-state index contributed by atoms with van der Waals surface area (Å²) >= 11 is 0. The van der Waals surface area contributed by atoms with E-state index in [2.05, 4.69) is 21.3 Å². The first kappa shape index (κ1) is 33.2. The Bertz CT molecular complexity index is 706. The fourth-order valence-electron chi connectivity index (χ4n) is 2.97. The van der Waals surface area contributed by atoms with E-state index in [1.165, 1.54) is 0 Å². The van der Waals surface area contributed by atoms with E-state index in [1.807, 2.05) is 0 Å². The third kappa shape index (κ3) is 15.2. The Morgan fingerprint density at radius 2 is 1.31 bits per heavy atom. The predicted molar refractivity (Wildman–Crippen MR) is 130 cm³/mol. The van der Waals surface area contributed by atoms with Crippen LogP contribution in [0.25, 0.3) is 0 Å². The smallest absolute Gasteiger partial charge is 0.326 e. The molecule has 10 N–H and O–H groups in total. The van der Waals surface area contributed by atoms with Gasteiger partial charge in [-0.05, 0) is 65.5 Å². The highest BCUT2D eigenvalue weighted by molar-refractivity contribution is 5.94. The van der Waals surface area contributed by atoms with Crippen LogP contribution in [0.1, 0.15) is 52.4 Å². The lowest BCUT2D eigenvalue weighted by atomic mass is 10.1. The molecule has 36 heavy (non-hydrogen) atoms. The number of unbranched alkanes of at least 4 members (excludes halogenated alkanes) is 2. The molecule has 0 spiro atoms. The first-order valence-electron chi connectivity index (χ1n) is 12.1. The molecule has 14 heteroatoms. The summed E-state index contributed by atoms with van der Waals surface area (Å²) in [7, 11) is 0. The third-order valence-corrected chi connectivity index (χ3v) is 4.97. The van der Waals surface area contributed by atoms with Crippen LogP contribution >= 0.6 is 0 Å². The standard InChI is InChI=1S/C22H42N6O8/c1-14(2)36-13-19(31)25-11-18(30)26-17(12-29)21(33)27-15(7-3-5-9-23)20(32)28-16(22(34)35)8-4-6-10-24/h14-17,29H,3-13,23-24H2,1-2H3,(H,25,31)(H,26,30)(H,27,33)(H,28,32)(H,34,35)/t15-,16-,17-/m0/s1. The number of carboxylic acid groups (broad SMARTS) is 1. The maximum Gasteiger partial charge on any atom is 0.326 e. The van der Waals surface area contributed by atoms with Crippen molar-refractivity contribution in [3.63, 3.8) is 0 Å². The van der Waals surface area contributed by atoms with Crippen LogP contribution in [0.4, 0.5) is 0 Å². The van der Waals surface area contributed by atoms with Crippen LogP contribution in [0.2, 0.25) is 0 Å². The van der Waals surface area contributed by atoms with E-state index in [1.54, 1.807) is 13.8 Å². The minimum Gasteiger partial charge on any atom is -0.480 e. The first-order valence-corrected chi connectivity index (χ1v) is 12.1. The average molecular weight is 519 g/mol. The highest BCUT2D eigenvalue weighted by atomic mass is 16.5. The summed E-state index contributed by atoms with van der Waals surface area (Å²) in [6, 6.07) is -3.67. The Labute approximate surface area is 211 Å². The molecular weight excluding hydrogens is 476 g/mol. The molecule has 4 amide bonds. The molecule has 0 heterocycles. The van der Waals surface area contributed by atoms with Gasteiger partial charge in [0.15, 0.2) is 0 Å². The molecule has 0 aliphatic heterocycles. The van der Waals surface area contributed by atoms with Crippen molar-refractivity contribution in [1.82, 2.24) is 21.3 Å². The van der Waals surface area contributed by atoms with Crippen LogP contribution in [0.3, 0.4) is 0 Å². The van der Waals surface area contributed by atoms with Gasteiger partial charge in [0, 0.05) is 0 Å². The van der Waals surface area contributed by atoms with E-state index in [9.17, 15) is 34.2 Å². The number of aliphatic hydroxyl groups is 1. The molecule has 0 saturated heterocycles. The topological polar surface area (TPSA) is 235 Å². The van der Waals surface area contributed by atoms with E-state index < -0.39 is 60.9 Å². The summed E-state index contributed by atoms with van der Waals surface area (Å²) in [4.78, 5) is 60.8. The zero-order valence-electron chi connectivity index (χ0n) is 21.1. The molecule has 0 fully saturated rings. The zero-order valence-corrected chi connectivity index (χ0v) is 21.1. The van der Waals surface area contributed by atoms with Gasteiger partial charge >= 0.3 is 5.97 Å². The molecule has 0 aromatic carbocycles. The highest BCUT2D eigenvalue weighted by Gasteiger charge is 2.29. The maximum atomic E-state index is 12.8. The van der Waals surface area contributed by atoms with Crippen LogP contribution in [0.15, 0.2) is 0 Å².